The Morgan fingerprint density at radius 2 is 1.91 bits per heavy atom. The van der Waals surface area contributed by atoms with E-state index in [-0.39, 0.29) is 16.3 Å². The predicted octanol–water partition coefficient (Wildman–Crippen LogP) is 2.55. The van der Waals surface area contributed by atoms with Crippen molar-refractivity contribution in [1.82, 2.24) is 0 Å². The summed E-state index contributed by atoms with van der Waals surface area (Å²) in [5.41, 5.74) is 0.979. The molecule has 0 saturated heterocycles. The highest BCUT2D eigenvalue weighted by Crippen LogP contribution is 2.27. The minimum atomic E-state index is -4.01. The second-order valence-corrected chi connectivity index (χ2v) is 6.21. The van der Waals surface area contributed by atoms with Gasteiger partial charge in [-0.2, -0.15) is 5.26 Å². The van der Waals surface area contributed by atoms with Gasteiger partial charge in [-0.1, -0.05) is 0 Å². The second kappa shape index (κ2) is 6.54. The molecular weight excluding hydrogens is 321 g/mol. The Morgan fingerprint density at radius 3 is 2.48 bits per heavy atom. The van der Waals surface area contributed by atoms with Gasteiger partial charge in [0.05, 0.1) is 35.0 Å². The number of hydrogen-bond donors (Lipinski definition) is 2. The molecule has 0 radical (unpaired) electrons. The quantitative estimate of drug-likeness (QED) is 0.876. The first-order valence-corrected chi connectivity index (χ1v) is 7.98. The van der Waals surface area contributed by atoms with E-state index in [1.807, 2.05) is 6.07 Å². The van der Waals surface area contributed by atoms with Crippen LogP contribution in [-0.4, -0.2) is 22.6 Å². The Morgan fingerprint density at radius 1 is 1.17 bits per heavy atom. The van der Waals surface area contributed by atoms with Crippen molar-refractivity contribution >= 4 is 21.4 Å². The van der Waals surface area contributed by atoms with Crippen LogP contribution in [0.1, 0.15) is 5.56 Å². The van der Waals surface area contributed by atoms with E-state index >= 15 is 0 Å². The summed E-state index contributed by atoms with van der Waals surface area (Å²) in [6.45, 7) is 0. The van der Waals surface area contributed by atoms with Gasteiger partial charge in [-0.3, -0.25) is 4.72 Å². The number of anilines is 2. The van der Waals surface area contributed by atoms with Gasteiger partial charge < -0.3 is 10.1 Å². The van der Waals surface area contributed by atoms with Crippen molar-refractivity contribution in [2.75, 3.05) is 24.2 Å². The fourth-order valence-corrected chi connectivity index (χ4v) is 3.02. The third kappa shape index (κ3) is 3.52. The molecule has 0 aliphatic heterocycles. The number of halogens is 1. The van der Waals surface area contributed by atoms with Gasteiger partial charge >= 0.3 is 0 Å². The van der Waals surface area contributed by atoms with Gasteiger partial charge in [-0.15, -0.1) is 0 Å². The summed E-state index contributed by atoms with van der Waals surface area (Å²) in [5.74, 6) is -0.832. The van der Waals surface area contributed by atoms with Crippen LogP contribution in [0, 0.1) is 17.1 Å². The third-order valence-corrected chi connectivity index (χ3v) is 4.46. The molecule has 0 unspecified atom stereocenters. The zero-order chi connectivity index (χ0) is 17.0. The van der Waals surface area contributed by atoms with Crippen LogP contribution < -0.4 is 14.8 Å². The lowest BCUT2D eigenvalue weighted by Crippen LogP contribution is -2.14. The van der Waals surface area contributed by atoms with Crippen molar-refractivity contribution in [1.29, 1.82) is 5.26 Å². The molecule has 0 aromatic heterocycles. The number of nitrogens with zero attached hydrogens (tertiary/aromatic N) is 1. The average Bonchev–Trinajstić information content (AvgIpc) is 2.54. The Kier molecular flexibility index (Phi) is 4.71. The maximum absolute atomic E-state index is 13.7. The van der Waals surface area contributed by atoms with E-state index in [2.05, 4.69) is 10.0 Å². The van der Waals surface area contributed by atoms with Crippen LogP contribution in [0.5, 0.6) is 5.75 Å². The summed E-state index contributed by atoms with van der Waals surface area (Å²) < 4.78 is 45.6. The highest BCUT2D eigenvalue weighted by Gasteiger charge is 2.18. The normalized spacial score (nSPS) is 10.7. The maximum atomic E-state index is 13.7. The molecule has 2 aromatic carbocycles. The molecule has 8 heteroatoms. The molecule has 0 saturated carbocycles. The van der Waals surface area contributed by atoms with Crippen LogP contribution in [0.2, 0.25) is 0 Å². The minimum absolute atomic E-state index is 0.0497. The summed E-state index contributed by atoms with van der Waals surface area (Å²) >= 11 is 0. The summed E-state index contributed by atoms with van der Waals surface area (Å²) in [7, 11) is -1.11. The molecule has 2 rings (SSSR count). The molecule has 0 bridgehead atoms. The molecule has 23 heavy (non-hydrogen) atoms. The maximum Gasteiger partial charge on any atom is 0.262 e. The fraction of sp³-hybridized carbons (Fsp3) is 0.133. The van der Waals surface area contributed by atoms with E-state index in [0.717, 1.165) is 6.07 Å². The number of hydrogen-bond acceptors (Lipinski definition) is 5. The van der Waals surface area contributed by atoms with E-state index in [9.17, 15) is 12.8 Å². The van der Waals surface area contributed by atoms with E-state index in [1.54, 1.807) is 19.2 Å². The first-order chi connectivity index (χ1) is 10.9. The minimum Gasteiger partial charge on any atom is -0.494 e. The lowest BCUT2D eigenvalue weighted by atomic mass is 10.2. The molecule has 0 fully saturated rings. The van der Waals surface area contributed by atoms with Crippen molar-refractivity contribution in [2.24, 2.45) is 0 Å². The SMILES string of the molecule is CNc1ccc(C#N)cc1NS(=O)(=O)c1ccc(OC)c(F)c1. The molecule has 0 heterocycles. The molecule has 0 aliphatic rings. The lowest BCUT2D eigenvalue weighted by Gasteiger charge is -2.13. The second-order valence-electron chi connectivity index (χ2n) is 4.52. The topological polar surface area (TPSA) is 91.2 Å². The third-order valence-electron chi connectivity index (χ3n) is 3.10. The highest BCUT2D eigenvalue weighted by molar-refractivity contribution is 7.92. The average molecular weight is 335 g/mol. The lowest BCUT2D eigenvalue weighted by molar-refractivity contribution is 0.385. The number of benzene rings is 2. The van der Waals surface area contributed by atoms with E-state index in [1.165, 1.54) is 25.3 Å². The number of nitrogens with one attached hydrogen (secondary N) is 2. The molecular formula is C15H14FN3O3S. The standard InChI is InChI=1S/C15H14FN3O3S/c1-18-13-5-3-10(9-17)7-14(13)19-23(20,21)11-4-6-15(22-2)12(16)8-11/h3-8,18-19H,1-2H3. The van der Waals surface area contributed by atoms with E-state index < -0.39 is 15.8 Å². The van der Waals surface area contributed by atoms with Crippen LogP contribution in [0.4, 0.5) is 15.8 Å². The van der Waals surface area contributed by atoms with Crippen molar-refractivity contribution in [3.05, 3.63) is 47.8 Å². The van der Waals surface area contributed by atoms with Crippen LogP contribution in [0.25, 0.3) is 0 Å². The first kappa shape index (κ1) is 16.6. The van der Waals surface area contributed by atoms with Gasteiger partial charge in [0.25, 0.3) is 10.0 Å². The molecule has 6 nitrogen and oxygen atoms in total. The van der Waals surface area contributed by atoms with Gasteiger partial charge in [0.2, 0.25) is 0 Å². The monoisotopic (exact) mass is 335 g/mol. The zero-order valence-corrected chi connectivity index (χ0v) is 13.2. The molecule has 0 atom stereocenters. The molecule has 0 spiro atoms. The molecule has 2 N–H and O–H groups in total. The van der Waals surface area contributed by atoms with Crippen molar-refractivity contribution in [3.8, 4) is 11.8 Å². The number of nitriles is 1. The Bertz CT molecular complexity index is 876. The summed E-state index contributed by atoms with van der Waals surface area (Å²) in [6, 6.07) is 9.78. The smallest absolute Gasteiger partial charge is 0.262 e. The van der Waals surface area contributed by atoms with Crippen LogP contribution >= 0.6 is 0 Å². The van der Waals surface area contributed by atoms with Gasteiger partial charge in [0, 0.05) is 7.05 Å². The molecule has 120 valence electrons. The van der Waals surface area contributed by atoms with Crippen molar-refractivity contribution < 1.29 is 17.5 Å². The van der Waals surface area contributed by atoms with E-state index in [4.69, 9.17) is 10.00 Å². The summed E-state index contributed by atoms with van der Waals surface area (Å²) in [6.07, 6.45) is 0. The van der Waals surface area contributed by atoms with Gasteiger partial charge in [-0.25, -0.2) is 12.8 Å². The number of rotatable bonds is 5. The molecule has 0 aliphatic carbocycles. The molecule has 2 aromatic rings. The van der Waals surface area contributed by atoms with Crippen LogP contribution in [0.15, 0.2) is 41.3 Å². The van der Waals surface area contributed by atoms with Crippen molar-refractivity contribution in [3.63, 3.8) is 0 Å². The number of ether oxygens (including phenoxy) is 1. The Balaban J connectivity index is 2.42. The van der Waals surface area contributed by atoms with Crippen LogP contribution in [0.3, 0.4) is 0 Å². The van der Waals surface area contributed by atoms with Gasteiger partial charge in [0.1, 0.15) is 0 Å². The van der Waals surface area contributed by atoms with Crippen LogP contribution in [-0.2, 0) is 10.0 Å². The Labute approximate surface area is 133 Å². The largest absolute Gasteiger partial charge is 0.494 e. The summed E-state index contributed by atoms with van der Waals surface area (Å²) in [4.78, 5) is -0.250. The number of methoxy groups -OCH3 is 1. The van der Waals surface area contributed by atoms with Gasteiger partial charge in [-0.05, 0) is 36.4 Å². The Hall–Kier alpha value is -2.79. The first-order valence-electron chi connectivity index (χ1n) is 6.49. The van der Waals surface area contributed by atoms with Crippen molar-refractivity contribution in [2.45, 2.75) is 4.90 Å². The summed E-state index contributed by atoms with van der Waals surface area (Å²) in [5, 5.41) is 11.7. The predicted molar refractivity (Wildman–Crippen MR) is 84.5 cm³/mol. The highest BCUT2D eigenvalue weighted by atomic mass is 32.2. The molecule has 0 amide bonds. The van der Waals surface area contributed by atoms with E-state index in [0.29, 0.717) is 11.3 Å². The van der Waals surface area contributed by atoms with Gasteiger partial charge in [0.15, 0.2) is 11.6 Å². The zero-order valence-electron chi connectivity index (χ0n) is 12.4. The number of sulfonamides is 1. The fourth-order valence-electron chi connectivity index (χ4n) is 1.93.